The third-order valence-electron chi connectivity index (χ3n) is 3.14. The number of aromatic hydroxyl groups is 1. The van der Waals surface area contributed by atoms with Crippen LogP contribution in [0.5, 0.6) is 5.75 Å². The Bertz CT molecular complexity index is 499. The molecule has 3 N–H and O–H groups in total. The first-order valence-corrected chi connectivity index (χ1v) is 6.50. The Labute approximate surface area is 114 Å². The van der Waals surface area contributed by atoms with Gasteiger partial charge in [-0.2, -0.15) is 0 Å². The fourth-order valence-corrected chi connectivity index (χ4v) is 2.10. The highest BCUT2D eigenvalue weighted by molar-refractivity contribution is 5.27. The van der Waals surface area contributed by atoms with Gasteiger partial charge in [0.1, 0.15) is 5.75 Å². The predicted molar refractivity (Wildman–Crippen MR) is 78.1 cm³/mol. The SMILES string of the molecule is CN[C@H](CNCc1cccc(O)c1)c1ccccc1. The zero-order valence-corrected chi connectivity index (χ0v) is 11.1. The lowest BCUT2D eigenvalue weighted by Gasteiger charge is -2.17. The van der Waals surface area contributed by atoms with Crippen molar-refractivity contribution in [2.24, 2.45) is 0 Å². The maximum absolute atomic E-state index is 9.41. The Hall–Kier alpha value is -1.84. The maximum Gasteiger partial charge on any atom is 0.115 e. The van der Waals surface area contributed by atoms with Crippen LogP contribution in [-0.4, -0.2) is 18.7 Å². The molecule has 0 aromatic heterocycles. The van der Waals surface area contributed by atoms with Crippen LogP contribution in [-0.2, 0) is 6.54 Å². The van der Waals surface area contributed by atoms with E-state index in [0.29, 0.717) is 11.8 Å². The van der Waals surface area contributed by atoms with Crippen LogP contribution < -0.4 is 10.6 Å². The monoisotopic (exact) mass is 256 g/mol. The van der Waals surface area contributed by atoms with E-state index in [0.717, 1.165) is 18.7 Å². The summed E-state index contributed by atoms with van der Waals surface area (Å²) in [5.74, 6) is 0.313. The van der Waals surface area contributed by atoms with Crippen molar-refractivity contribution in [1.82, 2.24) is 10.6 Å². The van der Waals surface area contributed by atoms with Gasteiger partial charge in [-0.3, -0.25) is 0 Å². The molecule has 0 radical (unpaired) electrons. The highest BCUT2D eigenvalue weighted by Crippen LogP contribution is 2.12. The highest BCUT2D eigenvalue weighted by Gasteiger charge is 2.07. The minimum absolute atomic E-state index is 0.290. The molecule has 0 heterocycles. The van der Waals surface area contributed by atoms with Gasteiger partial charge >= 0.3 is 0 Å². The largest absolute Gasteiger partial charge is 0.508 e. The lowest BCUT2D eigenvalue weighted by atomic mass is 10.1. The minimum atomic E-state index is 0.290. The van der Waals surface area contributed by atoms with Gasteiger partial charge in [0, 0.05) is 19.1 Å². The predicted octanol–water partition coefficient (Wildman–Crippen LogP) is 2.44. The summed E-state index contributed by atoms with van der Waals surface area (Å²) in [5.41, 5.74) is 2.36. The van der Waals surface area contributed by atoms with Gasteiger partial charge in [0.25, 0.3) is 0 Å². The molecule has 19 heavy (non-hydrogen) atoms. The average Bonchev–Trinajstić information content (AvgIpc) is 2.45. The van der Waals surface area contributed by atoms with Crippen molar-refractivity contribution in [2.75, 3.05) is 13.6 Å². The topological polar surface area (TPSA) is 44.3 Å². The number of nitrogens with one attached hydrogen (secondary N) is 2. The molecule has 0 saturated heterocycles. The number of phenols is 1. The van der Waals surface area contributed by atoms with Gasteiger partial charge in [0.2, 0.25) is 0 Å². The molecule has 100 valence electrons. The van der Waals surface area contributed by atoms with Gasteiger partial charge in [-0.05, 0) is 30.3 Å². The minimum Gasteiger partial charge on any atom is -0.508 e. The third-order valence-corrected chi connectivity index (χ3v) is 3.14. The molecule has 0 aliphatic heterocycles. The van der Waals surface area contributed by atoms with E-state index in [9.17, 15) is 5.11 Å². The molecule has 0 unspecified atom stereocenters. The van der Waals surface area contributed by atoms with Gasteiger partial charge in [-0.1, -0.05) is 42.5 Å². The number of benzene rings is 2. The van der Waals surface area contributed by atoms with E-state index >= 15 is 0 Å². The van der Waals surface area contributed by atoms with Crippen molar-refractivity contribution < 1.29 is 5.11 Å². The summed E-state index contributed by atoms with van der Waals surface area (Å²) in [6.07, 6.45) is 0. The molecule has 3 nitrogen and oxygen atoms in total. The van der Waals surface area contributed by atoms with Crippen molar-refractivity contribution in [3.63, 3.8) is 0 Å². The van der Waals surface area contributed by atoms with E-state index in [4.69, 9.17) is 0 Å². The third kappa shape index (κ3) is 4.09. The quantitative estimate of drug-likeness (QED) is 0.744. The molecule has 0 aliphatic rings. The highest BCUT2D eigenvalue weighted by atomic mass is 16.3. The second kappa shape index (κ2) is 6.92. The van der Waals surface area contributed by atoms with Crippen LogP contribution in [0.25, 0.3) is 0 Å². The number of rotatable bonds is 6. The van der Waals surface area contributed by atoms with Gasteiger partial charge in [0.15, 0.2) is 0 Å². The molecule has 0 saturated carbocycles. The van der Waals surface area contributed by atoms with E-state index in [1.807, 2.05) is 25.2 Å². The number of phenolic OH excluding ortho intramolecular Hbond substituents is 1. The molecule has 0 fully saturated rings. The Kier molecular flexibility index (Phi) is 4.95. The van der Waals surface area contributed by atoms with Crippen molar-refractivity contribution in [2.45, 2.75) is 12.6 Å². The van der Waals surface area contributed by atoms with Crippen molar-refractivity contribution >= 4 is 0 Å². The van der Waals surface area contributed by atoms with Crippen LogP contribution in [0.4, 0.5) is 0 Å². The zero-order valence-electron chi connectivity index (χ0n) is 11.1. The zero-order chi connectivity index (χ0) is 13.5. The van der Waals surface area contributed by atoms with E-state index < -0.39 is 0 Å². The fourth-order valence-electron chi connectivity index (χ4n) is 2.10. The number of likely N-dealkylation sites (N-methyl/N-ethyl adjacent to an activating group) is 1. The summed E-state index contributed by atoms with van der Waals surface area (Å²) in [6, 6.07) is 18.0. The van der Waals surface area contributed by atoms with Crippen LogP contribution in [0.15, 0.2) is 54.6 Å². The molecule has 1 atom stereocenters. The van der Waals surface area contributed by atoms with E-state index in [1.54, 1.807) is 12.1 Å². The molecular weight excluding hydrogens is 236 g/mol. The molecule has 0 bridgehead atoms. The molecule has 2 aromatic rings. The van der Waals surface area contributed by atoms with Crippen molar-refractivity contribution in [1.29, 1.82) is 0 Å². The summed E-state index contributed by atoms with van der Waals surface area (Å²) >= 11 is 0. The molecule has 2 rings (SSSR count). The molecule has 0 spiro atoms. The molecule has 0 aliphatic carbocycles. The van der Waals surface area contributed by atoms with Gasteiger partial charge in [-0.25, -0.2) is 0 Å². The Balaban J connectivity index is 1.87. The average molecular weight is 256 g/mol. The van der Waals surface area contributed by atoms with E-state index in [-0.39, 0.29) is 0 Å². The lowest BCUT2D eigenvalue weighted by molar-refractivity contribution is 0.473. The smallest absolute Gasteiger partial charge is 0.115 e. The first kappa shape index (κ1) is 13.6. The van der Waals surface area contributed by atoms with Gasteiger partial charge in [-0.15, -0.1) is 0 Å². The number of hydrogen-bond acceptors (Lipinski definition) is 3. The normalized spacial score (nSPS) is 12.3. The van der Waals surface area contributed by atoms with Crippen LogP contribution >= 0.6 is 0 Å². The van der Waals surface area contributed by atoms with E-state index in [2.05, 4.69) is 34.9 Å². The van der Waals surface area contributed by atoms with Crippen LogP contribution in [0, 0.1) is 0 Å². The van der Waals surface area contributed by atoms with Crippen molar-refractivity contribution in [3.8, 4) is 5.75 Å². The van der Waals surface area contributed by atoms with Crippen molar-refractivity contribution in [3.05, 3.63) is 65.7 Å². The van der Waals surface area contributed by atoms with Gasteiger partial charge in [0.05, 0.1) is 0 Å². The maximum atomic E-state index is 9.41. The Morgan fingerprint density at radius 3 is 2.53 bits per heavy atom. The van der Waals surface area contributed by atoms with Gasteiger partial charge < -0.3 is 15.7 Å². The fraction of sp³-hybridized carbons (Fsp3) is 0.250. The Morgan fingerprint density at radius 1 is 1.05 bits per heavy atom. The summed E-state index contributed by atoms with van der Waals surface area (Å²) in [5, 5.41) is 16.1. The second-order valence-electron chi connectivity index (χ2n) is 4.55. The van der Waals surface area contributed by atoms with Crippen LogP contribution in [0.1, 0.15) is 17.2 Å². The Morgan fingerprint density at radius 2 is 1.84 bits per heavy atom. The lowest BCUT2D eigenvalue weighted by Crippen LogP contribution is -2.29. The standard InChI is InChI=1S/C16H20N2O/c1-17-16(14-7-3-2-4-8-14)12-18-11-13-6-5-9-15(19)10-13/h2-10,16-19H,11-12H2,1H3/t16-/m1/s1. The first-order valence-electron chi connectivity index (χ1n) is 6.50. The summed E-state index contributed by atoms with van der Waals surface area (Å²) in [7, 11) is 1.97. The molecule has 2 aromatic carbocycles. The van der Waals surface area contributed by atoms with Crippen LogP contribution in [0.3, 0.4) is 0 Å². The van der Waals surface area contributed by atoms with Crippen LogP contribution in [0.2, 0.25) is 0 Å². The number of hydrogen-bond donors (Lipinski definition) is 3. The second-order valence-corrected chi connectivity index (χ2v) is 4.55. The summed E-state index contributed by atoms with van der Waals surface area (Å²) < 4.78 is 0. The van der Waals surface area contributed by atoms with E-state index in [1.165, 1.54) is 5.56 Å². The molecule has 0 amide bonds. The first-order chi connectivity index (χ1) is 9.29. The summed E-state index contributed by atoms with van der Waals surface area (Å²) in [6.45, 7) is 1.59. The summed E-state index contributed by atoms with van der Waals surface area (Å²) in [4.78, 5) is 0. The molecular formula is C16H20N2O. The molecule has 3 heteroatoms.